The molecule has 1 aliphatic rings. The molecule has 0 spiro atoms. The fourth-order valence-electron chi connectivity index (χ4n) is 2.53. The Bertz CT molecular complexity index is 315. The standard InChI is InChI=1S/C14H26O2Si/c1-10-8-7-9-13(11(10)2)14(16-12(3)15)17(4,5)6/h9-11,14H,7-8H2,1-6H3/t10-,11?,14?/m1/s1. The van der Waals surface area contributed by atoms with Crippen molar-refractivity contribution in [3.8, 4) is 0 Å². The lowest BCUT2D eigenvalue weighted by atomic mass is 9.81. The maximum Gasteiger partial charge on any atom is 0.302 e. The highest BCUT2D eigenvalue weighted by molar-refractivity contribution is 6.78. The average molecular weight is 254 g/mol. The monoisotopic (exact) mass is 254 g/mol. The zero-order valence-electron chi connectivity index (χ0n) is 12.0. The number of carbonyl (C=O) groups excluding carboxylic acids is 1. The van der Waals surface area contributed by atoms with Gasteiger partial charge in [0.1, 0.15) is 5.73 Å². The predicted molar refractivity (Wildman–Crippen MR) is 74.5 cm³/mol. The summed E-state index contributed by atoms with van der Waals surface area (Å²) in [5.41, 5.74) is 1.43. The number of hydrogen-bond donors (Lipinski definition) is 0. The van der Waals surface area contributed by atoms with E-state index in [-0.39, 0.29) is 11.7 Å². The molecule has 0 aromatic rings. The first-order valence-electron chi connectivity index (χ1n) is 6.60. The van der Waals surface area contributed by atoms with E-state index in [2.05, 4.69) is 39.6 Å². The second-order valence-electron chi connectivity index (χ2n) is 6.40. The molecular formula is C14H26O2Si. The molecule has 0 saturated heterocycles. The summed E-state index contributed by atoms with van der Waals surface area (Å²) < 4.78 is 5.63. The Kier molecular flexibility index (Phi) is 4.59. The third-order valence-corrected chi connectivity index (χ3v) is 5.78. The predicted octanol–water partition coefficient (Wildman–Crippen LogP) is 3.79. The molecule has 0 aromatic carbocycles. The zero-order chi connectivity index (χ0) is 13.2. The number of esters is 1. The molecule has 0 aliphatic heterocycles. The van der Waals surface area contributed by atoms with Crippen LogP contribution in [0.1, 0.15) is 33.6 Å². The summed E-state index contributed by atoms with van der Waals surface area (Å²) in [5, 5.41) is 0. The molecule has 0 saturated carbocycles. The third kappa shape index (κ3) is 3.70. The van der Waals surface area contributed by atoms with Crippen LogP contribution in [0.4, 0.5) is 0 Å². The molecule has 98 valence electrons. The molecule has 0 heterocycles. The molecule has 0 fully saturated rings. The van der Waals surface area contributed by atoms with Crippen LogP contribution in [0, 0.1) is 11.8 Å². The van der Waals surface area contributed by atoms with Gasteiger partial charge in [-0.3, -0.25) is 4.79 Å². The fraction of sp³-hybridized carbons (Fsp3) is 0.786. The zero-order valence-corrected chi connectivity index (χ0v) is 13.0. The molecule has 1 aliphatic carbocycles. The molecule has 17 heavy (non-hydrogen) atoms. The van der Waals surface area contributed by atoms with Crippen LogP contribution in [0.15, 0.2) is 11.6 Å². The lowest BCUT2D eigenvalue weighted by Crippen LogP contribution is -2.45. The lowest BCUT2D eigenvalue weighted by molar-refractivity contribution is -0.142. The second-order valence-corrected chi connectivity index (χ2v) is 11.7. The minimum absolute atomic E-state index is 0.0535. The summed E-state index contributed by atoms with van der Waals surface area (Å²) in [6.45, 7) is 12.9. The van der Waals surface area contributed by atoms with E-state index in [1.807, 2.05) is 0 Å². The Morgan fingerprint density at radius 1 is 1.41 bits per heavy atom. The minimum atomic E-state index is -1.52. The molecule has 3 heteroatoms. The van der Waals surface area contributed by atoms with Crippen molar-refractivity contribution in [2.75, 3.05) is 0 Å². The van der Waals surface area contributed by atoms with E-state index in [9.17, 15) is 4.79 Å². The first-order chi connectivity index (χ1) is 7.73. The number of hydrogen-bond acceptors (Lipinski definition) is 2. The van der Waals surface area contributed by atoms with Gasteiger partial charge in [-0.2, -0.15) is 0 Å². The van der Waals surface area contributed by atoms with Gasteiger partial charge in [-0.05, 0) is 30.3 Å². The number of allylic oxidation sites excluding steroid dienone is 1. The molecule has 3 atom stereocenters. The Morgan fingerprint density at radius 2 is 2.00 bits per heavy atom. The van der Waals surface area contributed by atoms with E-state index >= 15 is 0 Å². The summed E-state index contributed by atoms with van der Waals surface area (Å²) in [4.78, 5) is 11.3. The van der Waals surface area contributed by atoms with Crippen molar-refractivity contribution < 1.29 is 9.53 Å². The second kappa shape index (κ2) is 5.38. The lowest BCUT2D eigenvalue weighted by Gasteiger charge is -2.37. The fourth-order valence-corrected chi connectivity index (χ4v) is 4.43. The van der Waals surface area contributed by atoms with Crippen LogP contribution in [-0.4, -0.2) is 19.8 Å². The van der Waals surface area contributed by atoms with Gasteiger partial charge < -0.3 is 4.74 Å². The number of ether oxygens (including phenoxy) is 1. The number of carbonyl (C=O) groups is 1. The molecule has 0 bridgehead atoms. The van der Waals surface area contributed by atoms with Crippen molar-refractivity contribution >= 4 is 14.0 Å². The Labute approximate surface area is 106 Å². The maximum absolute atomic E-state index is 11.3. The van der Waals surface area contributed by atoms with E-state index in [1.54, 1.807) is 0 Å². The van der Waals surface area contributed by atoms with Crippen LogP contribution in [0.25, 0.3) is 0 Å². The van der Waals surface area contributed by atoms with Gasteiger partial charge >= 0.3 is 5.97 Å². The summed E-state index contributed by atoms with van der Waals surface area (Å²) in [7, 11) is -1.52. The van der Waals surface area contributed by atoms with E-state index in [0.29, 0.717) is 11.8 Å². The van der Waals surface area contributed by atoms with Crippen molar-refractivity contribution in [2.24, 2.45) is 11.8 Å². The largest absolute Gasteiger partial charge is 0.462 e. The molecule has 0 amide bonds. The van der Waals surface area contributed by atoms with Crippen molar-refractivity contribution in [3.63, 3.8) is 0 Å². The Hall–Kier alpha value is -0.573. The SMILES string of the molecule is CC(=O)OC(C1=CCC[C@@H](C)C1C)[Si](C)(C)C. The molecule has 2 unspecified atom stereocenters. The van der Waals surface area contributed by atoms with Gasteiger partial charge in [-0.15, -0.1) is 0 Å². The van der Waals surface area contributed by atoms with Crippen molar-refractivity contribution in [2.45, 2.75) is 59.0 Å². The highest BCUT2D eigenvalue weighted by Crippen LogP contribution is 2.35. The highest BCUT2D eigenvalue weighted by atomic mass is 28.3. The Balaban J connectivity index is 2.97. The molecule has 1 rings (SSSR count). The van der Waals surface area contributed by atoms with Crippen LogP contribution >= 0.6 is 0 Å². The number of rotatable bonds is 3. The smallest absolute Gasteiger partial charge is 0.302 e. The van der Waals surface area contributed by atoms with Crippen LogP contribution in [0.3, 0.4) is 0 Å². The minimum Gasteiger partial charge on any atom is -0.462 e. The quantitative estimate of drug-likeness (QED) is 0.435. The summed E-state index contributed by atoms with van der Waals surface area (Å²) in [6.07, 6.45) is 4.70. The molecular weight excluding hydrogens is 228 g/mol. The molecule has 2 nitrogen and oxygen atoms in total. The van der Waals surface area contributed by atoms with Crippen LogP contribution in [0.2, 0.25) is 19.6 Å². The van der Waals surface area contributed by atoms with E-state index in [1.165, 1.54) is 18.9 Å². The normalized spacial score (nSPS) is 27.3. The summed E-state index contributed by atoms with van der Waals surface area (Å²) in [6, 6.07) is 0. The van der Waals surface area contributed by atoms with Gasteiger partial charge in [-0.25, -0.2) is 0 Å². The average Bonchev–Trinajstić information content (AvgIpc) is 2.17. The Morgan fingerprint density at radius 3 is 2.47 bits per heavy atom. The van der Waals surface area contributed by atoms with E-state index in [0.717, 1.165) is 6.42 Å². The van der Waals surface area contributed by atoms with Crippen LogP contribution < -0.4 is 0 Å². The van der Waals surface area contributed by atoms with Crippen LogP contribution in [0.5, 0.6) is 0 Å². The molecule has 0 aromatic heterocycles. The van der Waals surface area contributed by atoms with Gasteiger partial charge in [0, 0.05) is 6.92 Å². The summed E-state index contributed by atoms with van der Waals surface area (Å²) in [5.74, 6) is 1.09. The van der Waals surface area contributed by atoms with Crippen molar-refractivity contribution in [1.82, 2.24) is 0 Å². The van der Waals surface area contributed by atoms with Crippen molar-refractivity contribution in [3.05, 3.63) is 11.6 Å². The van der Waals surface area contributed by atoms with Gasteiger partial charge in [-0.1, -0.05) is 39.6 Å². The van der Waals surface area contributed by atoms with E-state index in [4.69, 9.17) is 4.74 Å². The van der Waals surface area contributed by atoms with Gasteiger partial charge in [0.05, 0.1) is 8.07 Å². The molecule has 0 N–H and O–H groups in total. The first-order valence-corrected chi connectivity index (χ1v) is 10.2. The van der Waals surface area contributed by atoms with Crippen LogP contribution in [-0.2, 0) is 9.53 Å². The molecule has 0 radical (unpaired) electrons. The van der Waals surface area contributed by atoms with Gasteiger partial charge in [0.2, 0.25) is 0 Å². The highest BCUT2D eigenvalue weighted by Gasteiger charge is 2.37. The van der Waals surface area contributed by atoms with Gasteiger partial charge in [0.25, 0.3) is 0 Å². The van der Waals surface area contributed by atoms with Crippen molar-refractivity contribution in [1.29, 1.82) is 0 Å². The first kappa shape index (κ1) is 14.5. The van der Waals surface area contributed by atoms with E-state index < -0.39 is 8.07 Å². The topological polar surface area (TPSA) is 26.3 Å². The summed E-state index contributed by atoms with van der Waals surface area (Å²) >= 11 is 0. The van der Waals surface area contributed by atoms with Gasteiger partial charge in [0.15, 0.2) is 0 Å². The maximum atomic E-state index is 11.3. The third-order valence-electron chi connectivity index (χ3n) is 3.75.